The number of hydrogen-bond acceptors (Lipinski definition) is 3. The maximum absolute atomic E-state index is 9.70. The van der Waals surface area contributed by atoms with Crippen molar-refractivity contribution in [2.24, 2.45) is 5.92 Å². The standard InChI is InChI=1S/C11H23NO2/c1-11(2,14)8-12-7-9-5-3-4-6-10(9)13/h9-10,12-14H,3-8H2,1-2H3. The largest absolute Gasteiger partial charge is 0.393 e. The first-order chi connectivity index (χ1) is 6.49. The van der Waals surface area contributed by atoms with E-state index in [9.17, 15) is 10.2 Å². The minimum absolute atomic E-state index is 0.141. The maximum Gasteiger partial charge on any atom is 0.0715 e. The summed E-state index contributed by atoms with van der Waals surface area (Å²) in [6, 6.07) is 0. The van der Waals surface area contributed by atoms with Gasteiger partial charge in [0.2, 0.25) is 0 Å². The Morgan fingerprint density at radius 2 is 1.93 bits per heavy atom. The Labute approximate surface area is 86.5 Å². The van der Waals surface area contributed by atoms with E-state index in [0.717, 1.165) is 25.8 Å². The van der Waals surface area contributed by atoms with Crippen molar-refractivity contribution < 1.29 is 10.2 Å². The fourth-order valence-electron chi connectivity index (χ4n) is 1.99. The summed E-state index contributed by atoms with van der Waals surface area (Å²) >= 11 is 0. The van der Waals surface area contributed by atoms with Gasteiger partial charge in [-0.1, -0.05) is 12.8 Å². The molecule has 0 aliphatic heterocycles. The van der Waals surface area contributed by atoms with E-state index in [1.165, 1.54) is 6.42 Å². The zero-order valence-corrected chi connectivity index (χ0v) is 9.29. The van der Waals surface area contributed by atoms with Crippen LogP contribution in [0.1, 0.15) is 39.5 Å². The van der Waals surface area contributed by atoms with E-state index in [4.69, 9.17) is 0 Å². The van der Waals surface area contributed by atoms with E-state index in [0.29, 0.717) is 12.5 Å². The number of nitrogens with one attached hydrogen (secondary N) is 1. The van der Waals surface area contributed by atoms with Gasteiger partial charge in [0.05, 0.1) is 11.7 Å². The highest BCUT2D eigenvalue weighted by Gasteiger charge is 2.23. The number of hydrogen-bond donors (Lipinski definition) is 3. The smallest absolute Gasteiger partial charge is 0.0715 e. The van der Waals surface area contributed by atoms with E-state index in [-0.39, 0.29) is 6.10 Å². The zero-order valence-electron chi connectivity index (χ0n) is 9.29. The zero-order chi connectivity index (χ0) is 10.6. The van der Waals surface area contributed by atoms with Gasteiger partial charge in [0, 0.05) is 13.1 Å². The van der Waals surface area contributed by atoms with Crippen LogP contribution < -0.4 is 5.32 Å². The molecule has 0 heterocycles. The summed E-state index contributed by atoms with van der Waals surface area (Å²) in [6.45, 7) is 5.00. The third-order valence-corrected chi connectivity index (χ3v) is 2.83. The highest BCUT2D eigenvalue weighted by Crippen LogP contribution is 2.23. The van der Waals surface area contributed by atoms with E-state index >= 15 is 0 Å². The van der Waals surface area contributed by atoms with Gasteiger partial charge in [-0.2, -0.15) is 0 Å². The highest BCUT2D eigenvalue weighted by atomic mass is 16.3. The molecule has 3 nitrogen and oxygen atoms in total. The molecule has 3 N–H and O–H groups in total. The Bertz CT molecular complexity index is 165. The van der Waals surface area contributed by atoms with Crippen molar-refractivity contribution in [1.82, 2.24) is 5.32 Å². The molecule has 1 aliphatic rings. The van der Waals surface area contributed by atoms with Gasteiger partial charge < -0.3 is 15.5 Å². The molecule has 3 heteroatoms. The normalized spacial score (nSPS) is 29.1. The molecule has 0 aromatic rings. The lowest BCUT2D eigenvalue weighted by atomic mass is 9.86. The molecule has 0 aromatic carbocycles. The van der Waals surface area contributed by atoms with Crippen LogP contribution in [0.5, 0.6) is 0 Å². The first-order valence-electron chi connectivity index (χ1n) is 5.60. The molecule has 0 radical (unpaired) electrons. The van der Waals surface area contributed by atoms with E-state index < -0.39 is 5.60 Å². The lowest BCUT2D eigenvalue weighted by molar-refractivity contribution is 0.0547. The summed E-state index contributed by atoms with van der Waals surface area (Å²) < 4.78 is 0. The molecular formula is C11H23NO2. The van der Waals surface area contributed by atoms with Crippen molar-refractivity contribution >= 4 is 0 Å². The van der Waals surface area contributed by atoms with Crippen LogP contribution in [-0.2, 0) is 0 Å². The first-order valence-corrected chi connectivity index (χ1v) is 5.60. The first kappa shape index (κ1) is 12.0. The molecule has 2 unspecified atom stereocenters. The monoisotopic (exact) mass is 201 g/mol. The Morgan fingerprint density at radius 1 is 1.29 bits per heavy atom. The second kappa shape index (κ2) is 5.10. The van der Waals surface area contributed by atoms with Gasteiger partial charge >= 0.3 is 0 Å². The molecule has 1 saturated carbocycles. The van der Waals surface area contributed by atoms with Crippen molar-refractivity contribution in [2.45, 2.75) is 51.2 Å². The van der Waals surface area contributed by atoms with Crippen LogP contribution in [-0.4, -0.2) is 35.0 Å². The molecule has 1 aliphatic carbocycles. The minimum Gasteiger partial charge on any atom is -0.393 e. The predicted molar refractivity (Wildman–Crippen MR) is 57.1 cm³/mol. The summed E-state index contributed by atoms with van der Waals surface area (Å²) in [5, 5.41) is 22.4. The topological polar surface area (TPSA) is 52.5 Å². The maximum atomic E-state index is 9.70. The Morgan fingerprint density at radius 3 is 2.50 bits per heavy atom. The summed E-state index contributed by atoms with van der Waals surface area (Å²) in [6.07, 6.45) is 4.29. The van der Waals surface area contributed by atoms with Crippen LogP contribution in [0.25, 0.3) is 0 Å². The van der Waals surface area contributed by atoms with Crippen molar-refractivity contribution in [3.8, 4) is 0 Å². The SMILES string of the molecule is CC(C)(O)CNCC1CCCCC1O. The van der Waals surface area contributed by atoms with E-state index in [1.54, 1.807) is 13.8 Å². The van der Waals surface area contributed by atoms with Crippen LogP contribution in [0.3, 0.4) is 0 Å². The Balaban J connectivity index is 2.17. The number of aliphatic hydroxyl groups excluding tert-OH is 1. The molecule has 0 saturated heterocycles. The third kappa shape index (κ3) is 4.40. The lowest BCUT2D eigenvalue weighted by Crippen LogP contribution is -2.40. The summed E-state index contributed by atoms with van der Waals surface area (Å²) in [4.78, 5) is 0. The highest BCUT2D eigenvalue weighted by molar-refractivity contribution is 4.77. The van der Waals surface area contributed by atoms with E-state index in [1.807, 2.05) is 0 Å². The van der Waals surface area contributed by atoms with Gasteiger partial charge in [-0.15, -0.1) is 0 Å². The second-order valence-corrected chi connectivity index (χ2v) is 5.06. The number of aliphatic hydroxyl groups is 2. The molecule has 1 fully saturated rings. The fourth-order valence-corrected chi connectivity index (χ4v) is 1.99. The molecule has 0 amide bonds. The molecule has 1 rings (SSSR count). The molecule has 2 atom stereocenters. The van der Waals surface area contributed by atoms with Crippen molar-refractivity contribution in [2.75, 3.05) is 13.1 Å². The average molecular weight is 201 g/mol. The molecule has 0 bridgehead atoms. The molecular weight excluding hydrogens is 178 g/mol. The van der Waals surface area contributed by atoms with Gasteiger partial charge in [-0.3, -0.25) is 0 Å². The quantitative estimate of drug-likeness (QED) is 0.633. The van der Waals surface area contributed by atoms with Gasteiger partial charge in [0.1, 0.15) is 0 Å². The Hall–Kier alpha value is -0.120. The summed E-state index contributed by atoms with van der Waals surface area (Å²) in [5.74, 6) is 0.381. The van der Waals surface area contributed by atoms with E-state index in [2.05, 4.69) is 5.32 Å². The molecule has 0 aromatic heterocycles. The van der Waals surface area contributed by atoms with Crippen LogP contribution in [0.4, 0.5) is 0 Å². The molecule has 84 valence electrons. The van der Waals surface area contributed by atoms with Crippen LogP contribution in [0.15, 0.2) is 0 Å². The van der Waals surface area contributed by atoms with Crippen LogP contribution >= 0.6 is 0 Å². The lowest BCUT2D eigenvalue weighted by Gasteiger charge is -2.29. The van der Waals surface area contributed by atoms with Gasteiger partial charge in [-0.25, -0.2) is 0 Å². The average Bonchev–Trinajstić information content (AvgIpc) is 2.06. The van der Waals surface area contributed by atoms with Crippen molar-refractivity contribution in [3.63, 3.8) is 0 Å². The minimum atomic E-state index is -0.653. The van der Waals surface area contributed by atoms with Gasteiger partial charge in [-0.05, 0) is 32.6 Å². The van der Waals surface area contributed by atoms with Crippen LogP contribution in [0, 0.1) is 5.92 Å². The molecule has 14 heavy (non-hydrogen) atoms. The van der Waals surface area contributed by atoms with Crippen molar-refractivity contribution in [1.29, 1.82) is 0 Å². The predicted octanol–water partition coefficient (Wildman–Crippen LogP) is 0.898. The summed E-state index contributed by atoms with van der Waals surface area (Å²) in [7, 11) is 0. The second-order valence-electron chi connectivity index (χ2n) is 5.06. The van der Waals surface area contributed by atoms with Gasteiger partial charge in [0.25, 0.3) is 0 Å². The molecule has 0 spiro atoms. The van der Waals surface area contributed by atoms with Crippen LogP contribution in [0.2, 0.25) is 0 Å². The van der Waals surface area contributed by atoms with Crippen molar-refractivity contribution in [3.05, 3.63) is 0 Å². The Kier molecular flexibility index (Phi) is 4.35. The third-order valence-electron chi connectivity index (χ3n) is 2.83. The summed E-state index contributed by atoms with van der Waals surface area (Å²) in [5.41, 5.74) is -0.653. The number of rotatable bonds is 4. The fraction of sp³-hybridized carbons (Fsp3) is 1.00. The van der Waals surface area contributed by atoms with Gasteiger partial charge in [0.15, 0.2) is 0 Å².